The van der Waals surface area contributed by atoms with E-state index in [0.29, 0.717) is 23.3 Å². The van der Waals surface area contributed by atoms with Gasteiger partial charge in [0.1, 0.15) is 0 Å². The molecule has 1 aliphatic rings. The van der Waals surface area contributed by atoms with Gasteiger partial charge in [0.25, 0.3) is 0 Å². The molecule has 0 spiro atoms. The Kier molecular flexibility index (Phi) is 8.89. The molecule has 0 saturated heterocycles. The number of likely N-dealkylation sites (N-methyl/N-ethyl adjacent to an activating group) is 1. The zero-order valence-electron chi connectivity index (χ0n) is 20.9. The van der Waals surface area contributed by atoms with Gasteiger partial charge in [0.05, 0.1) is 38.3 Å². The van der Waals surface area contributed by atoms with Gasteiger partial charge >= 0.3 is 5.97 Å². The topological polar surface area (TPSA) is 71.5 Å². The van der Waals surface area contributed by atoms with E-state index < -0.39 is 5.97 Å². The number of carboxylic acids is 1. The Balaban J connectivity index is 0.000000205. The fourth-order valence-electron chi connectivity index (χ4n) is 3.61. The average Bonchev–Trinajstić information content (AvgIpc) is 2.87. The predicted molar refractivity (Wildman–Crippen MR) is 140 cm³/mol. The van der Waals surface area contributed by atoms with Gasteiger partial charge < -0.3 is 29.1 Å². The van der Waals surface area contributed by atoms with E-state index in [1.54, 1.807) is 0 Å². The average molecular weight is 497 g/mol. The third-order valence-electron chi connectivity index (χ3n) is 5.77. The molecule has 1 unspecified atom stereocenters. The Bertz CT molecular complexity index is 1100. The molecule has 0 bridgehead atoms. The van der Waals surface area contributed by atoms with Gasteiger partial charge in [-0.3, -0.25) is 0 Å². The standard InChI is InChI=1S/C17H20N2S.C10H12O5/c1-13(18(2)3)12-19-14-8-4-6-10-16(14)20-17-11-7-5-9-15(17)19;1-13-7-4-6(10(11)12)5-8(14-2)9(7)15-3/h4-11,13H,12H2,1-3H3;4-5H,1-3H3,(H,11,12). The molecule has 4 rings (SSSR count). The van der Waals surface area contributed by atoms with Crippen molar-refractivity contribution in [3.63, 3.8) is 0 Å². The molecule has 1 heterocycles. The van der Waals surface area contributed by atoms with Crippen LogP contribution in [0.5, 0.6) is 17.2 Å². The predicted octanol–water partition coefficient (Wildman–Crippen LogP) is 5.65. The highest BCUT2D eigenvalue weighted by molar-refractivity contribution is 7.99. The van der Waals surface area contributed by atoms with Gasteiger partial charge in [-0.25, -0.2) is 4.79 Å². The first-order valence-corrected chi connectivity index (χ1v) is 12.0. The lowest BCUT2D eigenvalue weighted by atomic mass is 10.2. The number of hydrogen-bond donors (Lipinski definition) is 1. The number of benzene rings is 3. The van der Waals surface area contributed by atoms with Gasteiger partial charge in [-0.15, -0.1) is 0 Å². The van der Waals surface area contributed by atoms with Crippen molar-refractivity contribution in [1.29, 1.82) is 0 Å². The Morgan fingerprint density at radius 3 is 1.80 bits per heavy atom. The Labute approximate surface area is 211 Å². The van der Waals surface area contributed by atoms with Crippen molar-refractivity contribution in [3.8, 4) is 17.2 Å². The molecule has 0 amide bonds. The maximum Gasteiger partial charge on any atom is 0.335 e. The van der Waals surface area contributed by atoms with Crippen LogP contribution in [0.25, 0.3) is 0 Å². The van der Waals surface area contributed by atoms with E-state index in [-0.39, 0.29) is 5.56 Å². The molecular formula is C27H32N2O5S. The van der Waals surface area contributed by atoms with Gasteiger partial charge in [-0.1, -0.05) is 36.0 Å². The monoisotopic (exact) mass is 496 g/mol. The van der Waals surface area contributed by atoms with Crippen LogP contribution in [-0.4, -0.2) is 64.0 Å². The number of para-hydroxylation sites is 2. The van der Waals surface area contributed by atoms with Crippen LogP contribution in [-0.2, 0) is 0 Å². The largest absolute Gasteiger partial charge is 0.493 e. The lowest BCUT2D eigenvalue weighted by molar-refractivity contribution is 0.0696. The second-order valence-electron chi connectivity index (χ2n) is 8.18. The van der Waals surface area contributed by atoms with E-state index >= 15 is 0 Å². The van der Waals surface area contributed by atoms with Crippen LogP contribution >= 0.6 is 11.8 Å². The summed E-state index contributed by atoms with van der Waals surface area (Å²) >= 11 is 1.87. The molecule has 0 aromatic heterocycles. The quantitative estimate of drug-likeness (QED) is 0.450. The van der Waals surface area contributed by atoms with Crippen molar-refractivity contribution in [2.45, 2.75) is 22.8 Å². The van der Waals surface area contributed by atoms with Crippen LogP contribution in [0.4, 0.5) is 11.4 Å². The maximum absolute atomic E-state index is 10.8. The zero-order valence-corrected chi connectivity index (χ0v) is 21.8. The summed E-state index contributed by atoms with van der Waals surface area (Å²) in [5.41, 5.74) is 2.74. The van der Waals surface area contributed by atoms with Crippen LogP contribution in [0.3, 0.4) is 0 Å². The molecule has 0 radical (unpaired) electrons. The van der Waals surface area contributed by atoms with Crippen LogP contribution in [0.2, 0.25) is 0 Å². The summed E-state index contributed by atoms with van der Waals surface area (Å²) in [6, 6.07) is 20.6. The minimum absolute atomic E-state index is 0.0875. The molecule has 3 aromatic carbocycles. The van der Waals surface area contributed by atoms with Crippen LogP contribution < -0.4 is 19.1 Å². The molecule has 1 aliphatic heterocycles. The molecule has 7 nitrogen and oxygen atoms in total. The van der Waals surface area contributed by atoms with Gasteiger partial charge in [0, 0.05) is 22.4 Å². The Morgan fingerprint density at radius 2 is 1.40 bits per heavy atom. The fourth-order valence-corrected chi connectivity index (χ4v) is 4.71. The van der Waals surface area contributed by atoms with E-state index in [1.165, 1.54) is 54.6 Å². The summed E-state index contributed by atoms with van der Waals surface area (Å²) in [5, 5.41) is 8.84. The molecule has 0 saturated carbocycles. The molecule has 35 heavy (non-hydrogen) atoms. The van der Waals surface area contributed by atoms with Gasteiger partial charge in [0.2, 0.25) is 5.75 Å². The zero-order chi connectivity index (χ0) is 25.5. The summed E-state index contributed by atoms with van der Waals surface area (Å²) in [4.78, 5) is 18.2. The number of methoxy groups -OCH3 is 3. The highest BCUT2D eigenvalue weighted by atomic mass is 32.2. The molecule has 1 atom stereocenters. The summed E-state index contributed by atoms with van der Waals surface area (Å²) in [5.74, 6) is -0.0113. The van der Waals surface area contributed by atoms with Gasteiger partial charge in [0.15, 0.2) is 11.5 Å². The van der Waals surface area contributed by atoms with Crippen molar-refractivity contribution in [1.82, 2.24) is 4.90 Å². The summed E-state index contributed by atoms with van der Waals surface area (Å²) in [6.07, 6.45) is 0. The molecule has 186 valence electrons. The number of nitrogens with zero attached hydrogens (tertiary/aromatic N) is 2. The third kappa shape index (κ3) is 6.01. The SMILES string of the molecule is CC(CN1c2ccccc2Sc2ccccc21)N(C)C.COc1cc(C(=O)O)cc(OC)c1OC. The summed E-state index contributed by atoms with van der Waals surface area (Å²) < 4.78 is 15.1. The normalized spacial score (nSPS) is 12.6. The molecule has 8 heteroatoms. The number of rotatable bonds is 7. The third-order valence-corrected chi connectivity index (χ3v) is 6.90. The molecule has 0 aliphatic carbocycles. The lowest BCUT2D eigenvalue weighted by Gasteiger charge is -2.36. The minimum atomic E-state index is -1.05. The second kappa shape index (κ2) is 11.9. The lowest BCUT2D eigenvalue weighted by Crippen LogP contribution is -2.37. The van der Waals surface area contributed by atoms with E-state index in [0.717, 1.165) is 6.54 Å². The number of hydrogen-bond acceptors (Lipinski definition) is 7. The number of fused-ring (bicyclic) bond motifs is 2. The number of ether oxygens (including phenoxy) is 3. The number of carboxylic acid groups (broad SMARTS) is 1. The highest BCUT2D eigenvalue weighted by Gasteiger charge is 2.24. The smallest absolute Gasteiger partial charge is 0.335 e. The van der Waals surface area contributed by atoms with Crippen molar-refractivity contribution in [3.05, 3.63) is 66.2 Å². The number of anilines is 2. The van der Waals surface area contributed by atoms with E-state index in [2.05, 4.69) is 79.3 Å². The molecule has 0 fully saturated rings. The van der Waals surface area contributed by atoms with E-state index in [1.807, 2.05) is 11.8 Å². The maximum atomic E-state index is 10.8. The van der Waals surface area contributed by atoms with E-state index in [4.69, 9.17) is 19.3 Å². The minimum Gasteiger partial charge on any atom is -0.493 e. The van der Waals surface area contributed by atoms with Crippen LogP contribution in [0, 0.1) is 0 Å². The Morgan fingerprint density at radius 1 is 0.914 bits per heavy atom. The van der Waals surface area contributed by atoms with Gasteiger partial charge in [-0.2, -0.15) is 0 Å². The number of aromatic carboxylic acids is 1. The Hall–Kier alpha value is -3.36. The molecular weight excluding hydrogens is 464 g/mol. The van der Waals surface area contributed by atoms with E-state index in [9.17, 15) is 4.79 Å². The first kappa shape index (κ1) is 26.2. The van der Waals surface area contributed by atoms with Crippen LogP contribution in [0.1, 0.15) is 17.3 Å². The summed E-state index contributed by atoms with van der Waals surface area (Å²) in [6.45, 7) is 3.27. The first-order chi connectivity index (χ1) is 16.8. The molecule has 1 N–H and O–H groups in total. The second-order valence-corrected chi connectivity index (χ2v) is 9.26. The van der Waals surface area contributed by atoms with Crippen molar-refractivity contribution in [2.24, 2.45) is 0 Å². The summed E-state index contributed by atoms with van der Waals surface area (Å²) in [7, 11) is 8.61. The van der Waals surface area contributed by atoms with Crippen molar-refractivity contribution >= 4 is 29.1 Å². The highest BCUT2D eigenvalue weighted by Crippen LogP contribution is 2.47. The molecule has 3 aromatic rings. The van der Waals surface area contributed by atoms with Crippen LogP contribution in [0.15, 0.2) is 70.5 Å². The van der Waals surface area contributed by atoms with Gasteiger partial charge in [-0.05, 0) is 57.4 Å². The fraction of sp³-hybridized carbons (Fsp3) is 0.296. The van der Waals surface area contributed by atoms with Crippen molar-refractivity contribution < 1.29 is 24.1 Å². The van der Waals surface area contributed by atoms with Crippen molar-refractivity contribution in [2.75, 3.05) is 46.9 Å². The number of carbonyl (C=O) groups is 1. The first-order valence-electron chi connectivity index (χ1n) is 11.1.